The molecule has 0 spiro atoms. The lowest BCUT2D eigenvalue weighted by molar-refractivity contribution is -0.160. The van der Waals surface area contributed by atoms with Gasteiger partial charge in [-0.3, -0.25) is 4.85 Å². The third-order valence-electron chi connectivity index (χ3n) is 7.86. The fourth-order valence-electron chi connectivity index (χ4n) is 6.45. The molecule has 160 valence electrons. The van der Waals surface area contributed by atoms with Crippen LogP contribution in [0.2, 0.25) is 0 Å². The van der Waals surface area contributed by atoms with Gasteiger partial charge in [0.05, 0.1) is 27.5 Å². The maximum Gasteiger partial charge on any atom is 0.386 e. The number of nitrogens with zero attached hydrogens (tertiary/aromatic N) is 3. The van der Waals surface area contributed by atoms with Crippen LogP contribution in [0.3, 0.4) is 0 Å². The van der Waals surface area contributed by atoms with E-state index in [0.717, 1.165) is 54.4 Å². The van der Waals surface area contributed by atoms with E-state index in [9.17, 15) is 10.2 Å². The van der Waals surface area contributed by atoms with Crippen LogP contribution in [0.15, 0.2) is 54.7 Å². The van der Waals surface area contributed by atoms with Crippen LogP contribution < -0.4 is 0 Å². The normalized spacial score (nSPS) is 26.3. The van der Waals surface area contributed by atoms with Crippen molar-refractivity contribution < 1.29 is 14.9 Å². The molecule has 6 aromatic rings. The predicted octanol–water partition coefficient (Wildman–Crippen LogP) is 5.30. The van der Waals surface area contributed by atoms with Crippen molar-refractivity contribution in [1.82, 2.24) is 14.1 Å². The smallest absolute Gasteiger partial charge is 0.386 e. The summed E-state index contributed by atoms with van der Waals surface area (Å²) in [5, 5.41) is 28.1. The van der Waals surface area contributed by atoms with E-state index < -0.39 is 17.7 Å². The number of nitrogens with one attached hydrogen (secondary N) is 1. The molecule has 3 atom stereocenters. The average Bonchev–Trinajstić information content (AvgIpc) is 3.51. The number of para-hydroxylation sites is 2. The lowest BCUT2D eigenvalue weighted by Crippen LogP contribution is -2.48. The minimum atomic E-state index is -1.74. The summed E-state index contributed by atoms with van der Waals surface area (Å²) in [7, 11) is 0. The Bertz CT molecular complexity index is 1900. The molecule has 1 saturated heterocycles. The fraction of sp³-hybridized carbons (Fsp3) is 0.192. The molecule has 0 amide bonds. The number of aliphatic hydroxyl groups is 1. The van der Waals surface area contributed by atoms with Crippen molar-refractivity contribution in [1.29, 1.82) is 0 Å². The molecule has 0 aliphatic carbocycles. The van der Waals surface area contributed by atoms with Crippen molar-refractivity contribution in [3.8, 4) is 5.88 Å². The summed E-state index contributed by atoms with van der Waals surface area (Å²) in [6.45, 7) is 9.74. The van der Waals surface area contributed by atoms with E-state index >= 15 is 0 Å². The molecule has 0 saturated carbocycles. The number of aromatic nitrogens is 3. The van der Waals surface area contributed by atoms with Crippen molar-refractivity contribution in [3.63, 3.8) is 0 Å². The molecule has 2 aliphatic rings. The summed E-state index contributed by atoms with van der Waals surface area (Å²) >= 11 is 0. The molecule has 3 N–H and O–H groups in total. The number of benzene rings is 3. The fourth-order valence-corrected chi connectivity index (χ4v) is 6.45. The van der Waals surface area contributed by atoms with Gasteiger partial charge in [0.1, 0.15) is 12.6 Å². The molecule has 33 heavy (non-hydrogen) atoms. The van der Waals surface area contributed by atoms with Gasteiger partial charge in [0, 0.05) is 33.1 Å². The van der Waals surface area contributed by atoms with Crippen LogP contribution in [0.5, 0.6) is 5.88 Å². The van der Waals surface area contributed by atoms with E-state index in [-0.39, 0.29) is 12.3 Å². The highest BCUT2D eigenvalue weighted by Gasteiger charge is 2.67. The van der Waals surface area contributed by atoms with E-state index in [1.165, 1.54) is 0 Å². The van der Waals surface area contributed by atoms with Gasteiger partial charge in [-0.05, 0) is 19.1 Å². The zero-order valence-electron chi connectivity index (χ0n) is 17.6. The Morgan fingerprint density at radius 1 is 1.00 bits per heavy atom. The standard InChI is InChI=1S/C26H18N4O3/c1-25-26(32,27-2)11-18(33-25)29-16-9-5-3-7-13(16)20-21-15(12-28-24(21)31)19-14-8-4-6-10-17(14)30(25)23(19)22(20)29/h3-10,12,18,28,31-32H,11H2,1H3/t18?,25-,26-/m0/s1. The first-order valence-electron chi connectivity index (χ1n) is 11.0. The maximum absolute atomic E-state index is 11.6. The zero-order chi connectivity index (χ0) is 22.3. The largest absolute Gasteiger partial charge is 0.494 e. The first kappa shape index (κ1) is 17.6. The molecule has 3 aromatic carbocycles. The molecule has 8 rings (SSSR count). The first-order chi connectivity index (χ1) is 16.0. The molecule has 2 aliphatic heterocycles. The van der Waals surface area contributed by atoms with Gasteiger partial charge in [0.15, 0.2) is 5.88 Å². The number of H-pyrrole nitrogens is 1. The van der Waals surface area contributed by atoms with Crippen LogP contribution in [-0.2, 0) is 10.5 Å². The summed E-state index contributed by atoms with van der Waals surface area (Å²) in [4.78, 5) is 6.74. The minimum Gasteiger partial charge on any atom is -0.494 e. The molecule has 7 nitrogen and oxygen atoms in total. The van der Waals surface area contributed by atoms with Gasteiger partial charge in [-0.15, -0.1) is 0 Å². The van der Waals surface area contributed by atoms with Crippen LogP contribution in [0.25, 0.3) is 59.2 Å². The van der Waals surface area contributed by atoms with Gasteiger partial charge in [-0.25, -0.2) is 6.57 Å². The summed E-state index contributed by atoms with van der Waals surface area (Å²) in [6, 6.07) is 16.0. The zero-order valence-corrected chi connectivity index (χ0v) is 17.6. The van der Waals surface area contributed by atoms with Gasteiger partial charge in [-0.2, -0.15) is 0 Å². The SMILES string of the molecule is [C-]#[N+][C@]1(O)CC2O[C@]1(C)n1c3ccccc3c3c4c[nH]c(O)c4c4c5ccccc5n2c4c31. The van der Waals surface area contributed by atoms with Crippen LogP contribution >= 0.6 is 0 Å². The average molecular weight is 434 g/mol. The van der Waals surface area contributed by atoms with Crippen LogP contribution in [0, 0.1) is 6.57 Å². The summed E-state index contributed by atoms with van der Waals surface area (Å²) < 4.78 is 10.8. The highest BCUT2D eigenvalue weighted by Crippen LogP contribution is 2.58. The highest BCUT2D eigenvalue weighted by molar-refractivity contribution is 6.37. The Balaban J connectivity index is 1.83. The Morgan fingerprint density at radius 3 is 2.45 bits per heavy atom. The first-order valence-corrected chi connectivity index (χ1v) is 11.0. The number of aromatic amines is 1. The number of ether oxygens (including phenoxy) is 1. The quantitative estimate of drug-likeness (QED) is 0.284. The molecule has 1 fully saturated rings. The molecule has 1 unspecified atom stereocenters. The van der Waals surface area contributed by atoms with Crippen LogP contribution in [0.4, 0.5) is 0 Å². The van der Waals surface area contributed by atoms with Crippen molar-refractivity contribution in [2.45, 2.75) is 31.0 Å². The van der Waals surface area contributed by atoms with Gasteiger partial charge < -0.3 is 29.1 Å². The summed E-state index contributed by atoms with van der Waals surface area (Å²) in [6.07, 6.45) is 1.46. The number of fused-ring (bicyclic) bond motifs is 13. The van der Waals surface area contributed by atoms with E-state index in [4.69, 9.17) is 11.3 Å². The summed E-state index contributed by atoms with van der Waals surface area (Å²) in [5.41, 5.74) is 0.649. The monoisotopic (exact) mass is 434 g/mol. The van der Waals surface area contributed by atoms with Crippen molar-refractivity contribution in [2.24, 2.45) is 0 Å². The summed E-state index contributed by atoms with van der Waals surface area (Å²) in [5.74, 6) is 0.130. The molecule has 2 bridgehead atoms. The lowest BCUT2D eigenvalue weighted by Gasteiger charge is -2.31. The number of hydrogen-bond donors (Lipinski definition) is 3. The number of hydrogen-bond acceptors (Lipinski definition) is 3. The Kier molecular flexibility index (Phi) is 2.74. The van der Waals surface area contributed by atoms with E-state index in [2.05, 4.69) is 20.5 Å². The van der Waals surface area contributed by atoms with Gasteiger partial charge in [-0.1, -0.05) is 36.4 Å². The molecule has 5 heterocycles. The number of aromatic hydroxyl groups is 1. The highest BCUT2D eigenvalue weighted by atomic mass is 16.6. The van der Waals surface area contributed by atoms with Crippen LogP contribution in [0.1, 0.15) is 19.6 Å². The predicted molar refractivity (Wildman–Crippen MR) is 126 cm³/mol. The third kappa shape index (κ3) is 1.65. The molecular formula is C26H18N4O3. The second-order valence-corrected chi connectivity index (χ2v) is 9.30. The van der Waals surface area contributed by atoms with Crippen LogP contribution in [-0.4, -0.2) is 30.1 Å². The minimum absolute atomic E-state index is 0.130. The topological polar surface area (TPSA) is 79.7 Å². The maximum atomic E-state index is 11.6. The van der Waals surface area contributed by atoms with Gasteiger partial charge >= 0.3 is 5.72 Å². The Morgan fingerprint density at radius 2 is 1.70 bits per heavy atom. The van der Waals surface area contributed by atoms with Crippen molar-refractivity contribution in [3.05, 3.63) is 66.1 Å². The van der Waals surface area contributed by atoms with Gasteiger partial charge in [0.2, 0.25) is 0 Å². The lowest BCUT2D eigenvalue weighted by atomic mass is 9.98. The second kappa shape index (κ2) is 5.15. The van der Waals surface area contributed by atoms with Gasteiger partial charge in [0.25, 0.3) is 5.72 Å². The Labute approximate surface area is 186 Å². The second-order valence-electron chi connectivity index (χ2n) is 9.30. The van der Waals surface area contributed by atoms with Crippen molar-refractivity contribution in [2.75, 3.05) is 0 Å². The molecular weight excluding hydrogens is 416 g/mol. The van der Waals surface area contributed by atoms with E-state index in [1.807, 2.05) is 60.2 Å². The third-order valence-corrected chi connectivity index (χ3v) is 7.86. The van der Waals surface area contributed by atoms with Crippen molar-refractivity contribution >= 4 is 54.4 Å². The van der Waals surface area contributed by atoms with E-state index in [0.29, 0.717) is 0 Å². The number of rotatable bonds is 0. The molecule has 3 aromatic heterocycles. The molecule has 7 heteroatoms. The van der Waals surface area contributed by atoms with E-state index in [1.54, 1.807) is 0 Å². The Hall–Kier alpha value is -3.99. The molecule has 0 radical (unpaired) electrons.